The van der Waals surface area contributed by atoms with Gasteiger partial charge in [-0.05, 0) is 9.91 Å². The zero-order chi connectivity index (χ0) is 17.5. The standard InChI is InChI=1S/C12H17N5O6/c1-12(5-18,6-19)4-16-7-8(13-10(16)17(22)23)14(2)11(21)15(3)9(7)20/h18-19H,4-6H2,1-3H3. The molecule has 0 saturated carbocycles. The monoisotopic (exact) mass is 327 g/mol. The van der Waals surface area contributed by atoms with Crippen LogP contribution in [0.15, 0.2) is 9.59 Å². The van der Waals surface area contributed by atoms with E-state index in [0.717, 1.165) is 13.7 Å². The van der Waals surface area contributed by atoms with Crippen LogP contribution in [0.3, 0.4) is 0 Å². The lowest BCUT2D eigenvalue weighted by Gasteiger charge is -2.23. The average Bonchev–Trinajstić information content (AvgIpc) is 2.90. The number of aliphatic hydroxyl groups is 2. The number of hydrogen-bond acceptors (Lipinski definition) is 7. The minimum Gasteiger partial charge on any atom is -0.396 e. The van der Waals surface area contributed by atoms with Crippen molar-refractivity contribution in [1.29, 1.82) is 0 Å². The SMILES string of the molecule is Cn1c(=O)c2c(nc([N+](=O)[O-])n2CC(C)(CO)CO)n(C)c1=O. The van der Waals surface area contributed by atoms with Crippen LogP contribution >= 0.6 is 0 Å². The minimum atomic E-state index is -1.10. The molecule has 2 aromatic heterocycles. The van der Waals surface area contributed by atoms with Gasteiger partial charge in [-0.25, -0.2) is 9.36 Å². The van der Waals surface area contributed by atoms with Crippen LogP contribution in [0.25, 0.3) is 11.2 Å². The molecular weight excluding hydrogens is 310 g/mol. The van der Waals surface area contributed by atoms with Gasteiger partial charge in [0, 0.05) is 19.5 Å². The summed E-state index contributed by atoms with van der Waals surface area (Å²) in [5.41, 5.74) is -2.74. The highest BCUT2D eigenvalue weighted by molar-refractivity contribution is 5.72. The van der Waals surface area contributed by atoms with E-state index in [1.165, 1.54) is 21.0 Å². The quantitative estimate of drug-likeness (QED) is 0.493. The van der Waals surface area contributed by atoms with Crippen LogP contribution in [0.5, 0.6) is 0 Å². The molecule has 0 radical (unpaired) electrons. The van der Waals surface area contributed by atoms with Gasteiger partial charge >= 0.3 is 11.6 Å². The first-order valence-corrected chi connectivity index (χ1v) is 6.69. The number of aryl methyl sites for hydroxylation is 1. The van der Waals surface area contributed by atoms with Crippen molar-refractivity contribution in [2.24, 2.45) is 19.5 Å². The van der Waals surface area contributed by atoms with Crippen molar-refractivity contribution < 1.29 is 15.1 Å². The number of fused-ring (bicyclic) bond motifs is 1. The van der Waals surface area contributed by atoms with Crippen molar-refractivity contribution in [1.82, 2.24) is 18.7 Å². The third kappa shape index (κ3) is 2.53. The van der Waals surface area contributed by atoms with E-state index in [-0.39, 0.29) is 17.7 Å². The van der Waals surface area contributed by atoms with E-state index in [9.17, 15) is 29.9 Å². The van der Waals surface area contributed by atoms with E-state index >= 15 is 0 Å². The maximum absolute atomic E-state index is 12.4. The number of hydrogen-bond donors (Lipinski definition) is 2. The second-order valence-electron chi connectivity index (χ2n) is 5.76. The van der Waals surface area contributed by atoms with Crippen LogP contribution in [0.4, 0.5) is 5.95 Å². The lowest BCUT2D eigenvalue weighted by atomic mass is 9.93. The number of aliphatic hydroxyl groups excluding tert-OH is 2. The predicted octanol–water partition coefficient (Wildman–Crippen LogP) is -1.67. The number of nitrogens with zero attached hydrogens (tertiary/aromatic N) is 5. The van der Waals surface area contributed by atoms with Gasteiger partial charge in [0.15, 0.2) is 0 Å². The minimum absolute atomic E-state index is 0.122. The van der Waals surface area contributed by atoms with Gasteiger partial charge in [0.05, 0.1) is 19.8 Å². The van der Waals surface area contributed by atoms with Gasteiger partial charge in [0.1, 0.15) is 0 Å². The highest BCUT2D eigenvalue weighted by Gasteiger charge is 2.34. The van der Waals surface area contributed by atoms with Crippen LogP contribution in [-0.4, -0.2) is 47.0 Å². The second-order valence-corrected chi connectivity index (χ2v) is 5.76. The van der Waals surface area contributed by atoms with Gasteiger partial charge in [-0.3, -0.25) is 13.9 Å². The summed E-state index contributed by atoms with van der Waals surface area (Å²) in [5.74, 6) is -0.633. The van der Waals surface area contributed by atoms with Crippen LogP contribution < -0.4 is 11.2 Å². The largest absolute Gasteiger partial charge is 0.437 e. The van der Waals surface area contributed by atoms with Crippen molar-refractivity contribution in [2.45, 2.75) is 13.5 Å². The molecule has 126 valence electrons. The van der Waals surface area contributed by atoms with Crippen molar-refractivity contribution in [2.75, 3.05) is 13.2 Å². The number of rotatable bonds is 5. The highest BCUT2D eigenvalue weighted by Crippen LogP contribution is 2.24. The molecule has 2 aromatic rings. The van der Waals surface area contributed by atoms with E-state index in [1.54, 1.807) is 0 Å². The fourth-order valence-electron chi connectivity index (χ4n) is 2.26. The Morgan fingerprint density at radius 1 is 1.22 bits per heavy atom. The van der Waals surface area contributed by atoms with E-state index in [0.29, 0.717) is 0 Å². The van der Waals surface area contributed by atoms with E-state index in [4.69, 9.17) is 0 Å². The van der Waals surface area contributed by atoms with Gasteiger partial charge in [0.2, 0.25) is 5.52 Å². The Kier molecular flexibility index (Phi) is 4.09. The van der Waals surface area contributed by atoms with Crippen LogP contribution in [0.2, 0.25) is 0 Å². The normalized spacial score (nSPS) is 12.0. The van der Waals surface area contributed by atoms with E-state index < -0.39 is 40.7 Å². The summed E-state index contributed by atoms with van der Waals surface area (Å²) in [6.45, 7) is 0.397. The molecule has 0 unspecified atom stereocenters. The number of nitro groups is 1. The van der Waals surface area contributed by atoms with Crippen LogP contribution in [0, 0.1) is 15.5 Å². The molecule has 0 aliphatic rings. The van der Waals surface area contributed by atoms with Crippen molar-refractivity contribution in [3.8, 4) is 0 Å². The van der Waals surface area contributed by atoms with Gasteiger partial charge in [-0.1, -0.05) is 6.92 Å². The summed E-state index contributed by atoms with van der Waals surface area (Å²) in [5, 5.41) is 30.1. The summed E-state index contributed by atoms with van der Waals surface area (Å²) in [6.07, 6.45) is 0. The summed E-state index contributed by atoms with van der Waals surface area (Å²) in [6, 6.07) is 0. The Bertz CT molecular complexity index is 888. The highest BCUT2D eigenvalue weighted by atomic mass is 16.6. The van der Waals surface area contributed by atoms with Gasteiger partial charge in [0.25, 0.3) is 11.2 Å². The molecule has 0 atom stereocenters. The van der Waals surface area contributed by atoms with Crippen LogP contribution in [-0.2, 0) is 20.6 Å². The fourth-order valence-corrected chi connectivity index (χ4v) is 2.26. The van der Waals surface area contributed by atoms with Gasteiger partial charge in [-0.2, -0.15) is 0 Å². The zero-order valence-corrected chi connectivity index (χ0v) is 12.9. The molecule has 2 N–H and O–H groups in total. The molecule has 0 amide bonds. The van der Waals surface area contributed by atoms with Crippen molar-refractivity contribution in [3.63, 3.8) is 0 Å². The molecule has 0 aliphatic heterocycles. The summed E-state index contributed by atoms with van der Waals surface area (Å²) in [4.78, 5) is 38.5. The Hall–Kier alpha value is -2.53. The molecule has 0 saturated heterocycles. The predicted molar refractivity (Wildman–Crippen MR) is 79.1 cm³/mol. The second kappa shape index (κ2) is 5.59. The zero-order valence-electron chi connectivity index (χ0n) is 12.9. The number of aromatic nitrogens is 4. The summed E-state index contributed by atoms with van der Waals surface area (Å²) < 4.78 is 2.87. The molecule has 0 aliphatic carbocycles. The molecule has 0 aromatic carbocycles. The molecule has 0 spiro atoms. The maximum atomic E-state index is 12.4. The molecule has 11 heteroatoms. The van der Waals surface area contributed by atoms with Crippen molar-refractivity contribution >= 4 is 17.1 Å². The maximum Gasteiger partial charge on any atom is 0.437 e. The topological polar surface area (TPSA) is 145 Å². The molecule has 2 rings (SSSR count). The fraction of sp³-hybridized carbons (Fsp3) is 0.583. The van der Waals surface area contributed by atoms with Crippen molar-refractivity contribution in [3.05, 3.63) is 31.0 Å². The number of imidazole rings is 1. The van der Waals surface area contributed by atoms with Crippen LogP contribution in [0.1, 0.15) is 6.92 Å². The first kappa shape index (κ1) is 16.8. The lowest BCUT2D eigenvalue weighted by molar-refractivity contribution is -0.396. The molecule has 0 fully saturated rings. The lowest BCUT2D eigenvalue weighted by Crippen LogP contribution is -2.38. The van der Waals surface area contributed by atoms with E-state index in [1.807, 2.05) is 0 Å². The van der Waals surface area contributed by atoms with Gasteiger partial charge < -0.3 is 20.3 Å². The van der Waals surface area contributed by atoms with Gasteiger partial charge in [-0.15, -0.1) is 0 Å². The Morgan fingerprint density at radius 2 is 1.78 bits per heavy atom. The molecule has 2 heterocycles. The molecule has 11 nitrogen and oxygen atoms in total. The molecule has 23 heavy (non-hydrogen) atoms. The summed E-state index contributed by atoms with van der Waals surface area (Å²) in [7, 11) is 2.60. The third-order valence-electron chi connectivity index (χ3n) is 3.79. The summed E-state index contributed by atoms with van der Waals surface area (Å²) >= 11 is 0. The first-order chi connectivity index (χ1) is 10.7. The smallest absolute Gasteiger partial charge is 0.396 e. The molecule has 0 bridgehead atoms. The molecular formula is C12H17N5O6. The Balaban J connectivity index is 2.92. The van der Waals surface area contributed by atoms with E-state index in [2.05, 4.69) is 4.98 Å². The average molecular weight is 327 g/mol. The Labute approximate surface area is 129 Å². The Morgan fingerprint density at radius 3 is 2.26 bits per heavy atom. The third-order valence-corrected chi connectivity index (χ3v) is 3.79. The first-order valence-electron chi connectivity index (χ1n) is 6.69.